The van der Waals surface area contributed by atoms with Gasteiger partial charge in [-0.1, -0.05) is 51.1 Å². The number of rotatable bonds is 4. The third-order valence-corrected chi connectivity index (χ3v) is 3.63. The first kappa shape index (κ1) is 15.0. The lowest BCUT2D eigenvalue weighted by Gasteiger charge is -2.25. The minimum Gasteiger partial charge on any atom is -0.318 e. The molecule has 6 heteroatoms. The van der Waals surface area contributed by atoms with E-state index in [4.69, 9.17) is 0 Å². The molecule has 2 rings (SSSR count). The molecule has 1 atom stereocenters. The Balaban J connectivity index is 2.33. The number of urea groups is 1. The summed E-state index contributed by atoms with van der Waals surface area (Å²) in [7, 11) is 0. The predicted molar refractivity (Wildman–Crippen MR) is 76.8 cm³/mol. The molecule has 0 saturated carbocycles. The van der Waals surface area contributed by atoms with Crippen molar-refractivity contribution in [2.24, 2.45) is 5.92 Å². The van der Waals surface area contributed by atoms with Crippen molar-refractivity contribution >= 4 is 17.8 Å². The molecule has 0 aromatic heterocycles. The minimum absolute atomic E-state index is 0.320. The number of imide groups is 1. The van der Waals surface area contributed by atoms with Gasteiger partial charge in [0.15, 0.2) is 0 Å². The van der Waals surface area contributed by atoms with E-state index in [9.17, 15) is 14.4 Å². The summed E-state index contributed by atoms with van der Waals surface area (Å²) in [4.78, 5) is 36.5. The average Bonchev–Trinajstić information content (AvgIpc) is 2.73. The Labute approximate surface area is 123 Å². The normalized spacial score (nSPS) is 21.6. The summed E-state index contributed by atoms with van der Waals surface area (Å²) in [5.74, 6) is -1.16. The van der Waals surface area contributed by atoms with Crippen LogP contribution in [0.15, 0.2) is 30.3 Å². The highest BCUT2D eigenvalue weighted by atomic mass is 16.2. The van der Waals surface area contributed by atoms with Gasteiger partial charge in [-0.2, -0.15) is 5.01 Å². The Morgan fingerprint density at radius 3 is 2.43 bits per heavy atom. The van der Waals surface area contributed by atoms with Crippen LogP contribution in [0.1, 0.15) is 32.8 Å². The van der Waals surface area contributed by atoms with Gasteiger partial charge in [0.25, 0.3) is 5.91 Å². The zero-order valence-corrected chi connectivity index (χ0v) is 12.3. The minimum atomic E-state index is -1.12. The fraction of sp³-hybridized carbons (Fsp3) is 0.400. The molecule has 6 nitrogen and oxygen atoms in total. The number of amides is 4. The molecule has 1 saturated heterocycles. The molecule has 1 unspecified atom stereocenters. The Morgan fingerprint density at radius 2 is 1.90 bits per heavy atom. The SMILES string of the molecule is CCC1(c2ccccc2)NC(=O)N(NC(=O)C(C)C)C1=O. The molecule has 21 heavy (non-hydrogen) atoms. The van der Waals surface area contributed by atoms with E-state index in [0.29, 0.717) is 12.0 Å². The maximum Gasteiger partial charge on any atom is 0.344 e. The monoisotopic (exact) mass is 289 g/mol. The Kier molecular flexibility index (Phi) is 3.97. The first-order valence-electron chi connectivity index (χ1n) is 6.95. The molecule has 1 fully saturated rings. The van der Waals surface area contributed by atoms with Gasteiger partial charge in [0.1, 0.15) is 5.54 Å². The molecule has 0 bridgehead atoms. The smallest absolute Gasteiger partial charge is 0.318 e. The molecule has 112 valence electrons. The number of carbonyl (C=O) groups is 3. The van der Waals surface area contributed by atoms with E-state index in [2.05, 4.69) is 10.7 Å². The molecule has 0 spiro atoms. The average molecular weight is 289 g/mol. The lowest BCUT2D eigenvalue weighted by molar-refractivity contribution is -0.140. The second-order valence-electron chi connectivity index (χ2n) is 5.33. The third-order valence-electron chi connectivity index (χ3n) is 3.63. The van der Waals surface area contributed by atoms with Crippen molar-refractivity contribution in [2.45, 2.75) is 32.7 Å². The van der Waals surface area contributed by atoms with Gasteiger partial charge in [-0.15, -0.1) is 0 Å². The van der Waals surface area contributed by atoms with Crippen molar-refractivity contribution in [1.82, 2.24) is 15.8 Å². The summed E-state index contributed by atoms with van der Waals surface area (Å²) < 4.78 is 0. The van der Waals surface area contributed by atoms with Crippen LogP contribution in [0.2, 0.25) is 0 Å². The number of hydrogen-bond acceptors (Lipinski definition) is 3. The van der Waals surface area contributed by atoms with E-state index in [1.165, 1.54) is 0 Å². The van der Waals surface area contributed by atoms with E-state index >= 15 is 0 Å². The zero-order chi connectivity index (χ0) is 15.6. The first-order chi connectivity index (χ1) is 9.92. The summed E-state index contributed by atoms with van der Waals surface area (Å²) in [5.41, 5.74) is 1.95. The number of hydrazine groups is 1. The van der Waals surface area contributed by atoms with Gasteiger partial charge in [0.05, 0.1) is 0 Å². The topological polar surface area (TPSA) is 78.5 Å². The number of carbonyl (C=O) groups excluding carboxylic acids is 3. The highest BCUT2D eigenvalue weighted by molar-refractivity contribution is 6.08. The molecule has 0 aliphatic carbocycles. The van der Waals surface area contributed by atoms with Crippen LogP contribution in [0.25, 0.3) is 0 Å². The zero-order valence-electron chi connectivity index (χ0n) is 12.3. The van der Waals surface area contributed by atoms with Crippen LogP contribution in [-0.2, 0) is 15.1 Å². The lowest BCUT2D eigenvalue weighted by atomic mass is 9.87. The van der Waals surface area contributed by atoms with Gasteiger partial charge >= 0.3 is 6.03 Å². The molecular formula is C15H19N3O3. The second kappa shape index (κ2) is 5.55. The fourth-order valence-electron chi connectivity index (χ4n) is 2.28. The molecule has 4 amide bonds. The highest BCUT2D eigenvalue weighted by Gasteiger charge is 2.52. The van der Waals surface area contributed by atoms with Crippen LogP contribution in [-0.4, -0.2) is 22.9 Å². The van der Waals surface area contributed by atoms with Crippen LogP contribution in [0.5, 0.6) is 0 Å². The number of hydrogen-bond donors (Lipinski definition) is 2. The van der Waals surface area contributed by atoms with Crippen molar-refractivity contribution in [1.29, 1.82) is 0 Å². The second-order valence-corrected chi connectivity index (χ2v) is 5.33. The molecule has 1 heterocycles. The van der Waals surface area contributed by atoms with Crippen molar-refractivity contribution < 1.29 is 14.4 Å². The van der Waals surface area contributed by atoms with Crippen LogP contribution in [0, 0.1) is 5.92 Å². The molecule has 1 aromatic rings. The van der Waals surface area contributed by atoms with E-state index in [1.54, 1.807) is 26.0 Å². The summed E-state index contributed by atoms with van der Waals surface area (Å²) in [5, 5.41) is 3.48. The third kappa shape index (κ3) is 2.49. The molecule has 2 N–H and O–H groups in total. The van der Waals surface area contributed by atoms with Gasteiger partial charge in [-0.3, -0.25) is 15.0 Å². The Morgan fingerprint density at radius 1 is 1.29 bits per heavy atom. The highest BCUT2D eigenvalue weighted by Crippen LogP contribution is 2.31. The quantitative estimate of drug-likeness (QED) is 0.825. The van der Waals surface area contributed by atoms with E-state index in [0.717, 1.165) is 5.01 Å². The van der Waals surface area contributed by atoms with Gasteiger partial charge in [-0.05, 0) is 12.0 Å². The predicted octanol–water partition coefficient (Wildman–Crippen LogP) is 1.53. The fourth-order valence-corrected chi connectivity index (χ4v) is 2.28. The lowest BCUT2D eigenvalue weighted by Crippen LogP contribution is -2.49. The number of nitrogens with zero attached hydrogens (tertiary/aromatic N) is 1. The molecule has 1 aliphatic rings. The van der Waals surface area contributed by atoms with E-state index in [-0.39, 0.29) is 11.8 Å². The molecule has 1 aromatic carbocycles. The Bertz CT molecular complexity index is 571. The standard InChI is InChI=1S/C15H19N3O3/c1-4-15(11-8-6-5-7-9-11)13(20)18(14(21)16-15)17-12(19)10(2)3/h5-10H,4H2,1-3H3,(H,16,21)(H,17,19). The molecule has 0 radical (unpaired) electrons. The van der Waals surface area contributed by atoms with E-state index < -0.39 is 17.5 Å². The van der Waals surface area contributed by atoms with Gasteiger partial charge < -0.3 is 5.32 Å². The van der Waals surface area contributed by atoms with E-state index in [1.807, 2.05) is 25.1 Å². The van der Waals surface area contributed by atoms with Crippen LogP contribution >= 0.6 is 0 Å². The van der Waals surface area contributed by atoms with Crippen molar-refractivity contribution in [3.63, 3.8) is 0 Å². The summed E-state index contributed by atoms with van der Waals surface area (Å²) in [6.07, 6.45) is 0.398. The first-order valence-corrected chi connectivity index (χ1v) is 6.95. The summed E-state index contributed by atoms with van der Waals surface area (Å²) in [6, 6.07) is 8.42. The van der Waals surface area contributed by atoms with Gasteiger partial charge in [0.2, 0.25) is 5.91 Å². The van der Waals surface area contributed by atoms with Crippen LogP contribution < -0.4 is 10.7 Å². The largest absolute Gasteiger partial charge is 0.344 e. The number of benzene rings is 1. The summed E-state index contributed by atoms with van der Waals surface area (Å²) >= 11 is 0. The van der Waals surface area contributed by atoms with Crippen molar-refractivity contribution in [2.75, 3.05) is 0 Å². The number of nitrogens with one attached hydrogen (secondary N) is 2. The Hall–Kier alpha value is -2.37. The van der Waals surface area contributed by atoms with Crippen molar-refractivity contribution in [3.05, 3.63) is 35.9 Å². The van der Waals surface area contributed by atoms with Crippen LogP contribution in [0.4, 0.5) is 4.79 Å². The maximum absolute atomic E-state index is 12.7. The van der Waals surface area contributed by atoms with Crippen LogP contribution in [0.3, 0.4) is 0 Å². The van der Waals surface area contributed by atoms with Gasteiger partial charge in [0, 0.05) is 5.92 Å². The van der Waals surface area contributed by atoms with Crippen molar-refractivity contribution in [3.8, 4) is 0 Å². The molecule has 1 aliphatic heterocycles. The maximum atomic E-state index is 12.7. The van der Waals surface area contributed by atoms with Gasteiger partial charge in [-0.25, -0.2) is 4.79 Å². The summed E-state index contributed by atoms with van der Waals surface area (Å²) in [6.45, 7) is 5.20. The molecular weight excluding hydrogens is 270 g/mol.